The SMILES string of the molecule is CCn1nc(C)cc1CNS(=O)(=O)c1ccc(C(=O)N2CCCC2)cc1. The van der Waals surface area contributed by atoms with Gasteiger partial charge in [0.25, 0.3) is 5.91 Å². The highest BCUT2D eigenvalue weighted by atomic mass is 32.2. The minimum absolute atomic E-state index is 0.0401. The molecule has 1 aromatic carbocycles. The Hall–Kier alpha value is -2.19. The number of nitrogens with one attached hydrogen (secondary N) is 1. The lowest BCUT2D eigenvalue weighted by atomic mass is 10.2. The highest BCUT2D eigenvalue weighted by Gasteiger charge is 2.21. The van der Waals surface area contributed by atoms with Gasteiger partial charge in [-0.25, -0.2) is 13.1 Å². The Kier molecular flexibility index (Phi) is 5.43. The molecule has 0 spiro atoms. The van der Waals surface area contributed by atoms with E-state index in [1.54, 1.807) is 21.7 Å². The number of hydrogen-bond acceptors (Lipinski definition) is 4. The van der Waals surface area contributed by atoms with E-state index in [9.17, 15) is 13.2 Å². The van der Waals surface area contributed by atoms with Gasteiger partial charge in [-0.2, -0.15) is 5.10 Å². The first-order chi connectivity index (χ1) is 12.4. The zero-order chi connectivity index (χ0) is 18.7. The smallest absolute Gasteiger partial charge is 0.253 e. The Labute approximate surface area is 154 Å². The van der Waals surface area contributed by atoms with Crippen LogP contribution in [0, 0.1) is 6.92 Å². The number of sulfonamides is 1. The molecule has 0 bridgehead atoms. The van der Waals surface area contributed by atoms with Crippen molar-refractivity contribution in [1.82, 2.24) is 19.4 Å². The number of hydrogen-bond donors (Lipinski definition) is 1. The van der Waals surface area contributed by atoms with Gasteiger partial charge < -0.3 is 4.90 Å². The van der Waals surface area contributed by atoms with Crippen molar-refractivity contribution in [1.29, 1.82) is 0 Å². The molecule has 1 aliphatic rings. The Morgan fingerprint density at radius 2 is 1.85 bits per heavy atom. The average Bonchev–Trinajstić information content (AvgIpc) is 3.29. The van der Waals surface area contributed by atoms with Gasteiger partial charge in [-0.3, -0.25) is 9.48 Å². The van der Waals surface area contributed by atoms with Crippen LogP contribution in [0.4, 0.5) is 0 Å². The summed E-state index contributed by atoms with van der Waals surface area (Å²) in [5.41, 5.74) is 2.19. The molecule has 0 saturated carbocycles. The summed E-state index contributed by atoms with van der Waals surface area (Å²) in [6.07, 6.45) is 2.05. The van der Waals surface area contributed by atoms with Crippen molar-refractivity contribution in [2.24, 2.45) is 0 Å². The summed E-state index contributed by atoms with van der Waals surface area (Å²) < 4.78 is 29.4. The Balaban J connectivity index is 1.69. The molecule has 2 aromatic rings. The number of aromatic nitrogens is 2. The second-order valence-electron chi connectivity index (χ2n) is 6.44. The molecule has 1 aromatic heterocycles. The van der Waals surface area contributed by atoms with Gasteiger partial charge in [-0.05, 0) is 57.0 Å². The summed E-state index contributed by atoms with van der Waals surface area (Å²) >= 11 is 0. The number of aryl methyl sites for hydroxylation is 2. The minimum atomic E-state index is -3.65. The van der Waals surface area contributed by atoms with Crippen molar-refractivity contribution in [2.75, 3.05) is 13.1 Å². The molecule has 140 valence electrons. The summed E-state index contributed by atoms with van der Waals surface area (Å²) in [6, 6.07) is 7.98. The highest BCUT2D eigenvalue weighted by Crippen LogP contribution is 2.16. The zero-order valence-electron chi connectivity index (χ0n) is 15.1. The predicted molar refractivity (Wildman–Crippen MR) is 98.2 cm³/mol. The standard InChI is InChI=1S/C18H24N4O3S/c1-3-22-16(12-14(2)20-22)13-19-26(24,25)17-8-6-15(7-9-17)18(23)21-10-4-5-11-21/h6-9,12,19H,3-5,10-11,13H2,1-2H3. The van der Waals surface area contributed by atoms with E-state index < -0.39 is 10.0 Å². The Morgan fingerprint density at radius 3 is 2.46 bits per heavy atom. The molecule has 8 heteroatoms. The van der Waals surface area contributed by atoms with E-state index in [0.29, 0.717) is 12.1 Å². The number of rotatable bonds is 6. The molecule has 0 atom stereocenters. The quantitative estimate of drug-likeness (QED) is 0.835. The maximum absolute atomic E-state index is 12.5. The Morgan fingerprint density at radius 1 is 1.19 bits per heavy atom. The van der Waals surface area contributed by atoms with Crippen molar-refractivity contribution < 1.29 is 13.2 Å². The van der Waals surface area contributed by atoms with Gasteiger partial charge in [0.05, 0.1) is 22.8 Å². The largest absolute Gasteiger partial charge is 0.339 e. The zero-order valence-corrected chi connectivity index (χ0v) is 15.9. The molecule has 1 fully saturated rings. The minimum Gasteiger partial charge on any atom is -0.339 e. The summed E-state index contributed by atoms with van der Waals surface area (Å²) in [5, 5.41) is 4.31. The van der Waals surface area contributed by atoms with Crippen LogP contribution in [0.15, 0.2) is 35.2 Å². The second kappa shape index (κ2) is 7.59. The lowest BCUT2D eigenvalue weighted by molar-refractivity contribution is 0.0792. The number of likely N-dealkylation sites (tertiary alicyclic amines) is 1. The number of benzene rings is 1. The molecular formula is C18H24N4O3S. The third kappa shape index (κ3) is 3.96. The molecule has 1 N–H and O–H groups in total. The van der Waals surface area contributed by atoms with E-state index in [0.717, 1.165) is 37.3 Å². The molecule has 0 unspecified atom stereocenters. The molecule has 26 heavy (non-hydrogen) atoms. The molecule has 0 radical (unpaired) electrons. The first-order valence-electron chi connectivity index (χ1n) is 8.83. The van der Waals surface area contributed by atoms with Crippen LogP contribution in [0.5, 0.6) is 0 Å². The number of carbonyl (C=O) groups excluding carboxylic acids is 1. The van der Waals surface area contributed by atoms with Crippen LogP contribution in [-0.2, 0) is 23.1 Å². The van der Waals surface area contributed by atoms with Gasteiger partial charge in [0.2, 0.25) is 10.0 Å². The van der Waals surface area contributed by atoms with Crippen molar-refractivity contribution in [3.8, 4) is 0 Å². The summed E-state index contributed by atoms with van der Waals surface area (Å²) in [4.78, 5) is 14.3. The van der Waals surface area contributed by atoms with Crippen LogP contribution in [0.2, 0.25) is 0 Å². The molecule has 7 nitrogen and oxygen atoms in total. The van der Waals surface area contributed by atoms with E-state index in [-0.39, 0.29) is 17.3 Å². The van der Waals surface area contributed by atoms with E-state index in [4.69, 9.17) is 0 Å². The molecule has 1 saturated heterocycles. The van der Waals surface area contributed by atoms with Crippen molar-refractivity contribution >= 4 is 15.9 Å². The predicted octanol–water partition coefficient (Wildman–Crippen LogP) is 1.93. The van der Waals surface area contributed by atoms with Gasteiger partial charge in [0, 0.05) is 25.2 Å². The van der Waals surface area contributed by atoms with Crippen LogP contribution in [0.3, 0.4) is 0 Å². The van der Waals surface area contributed by atoms with Gasteiger partial charge in [0.1, 0.15) is 0 Å². The monoisotopic (exact) mass is 376 g/mol. The van der Waals surface area contributed by atoms with Crippen molar-refractivity contribution in [2.45, 2.75) is 44.7 Å². The van der Waals surface area contributed by atoms with Gasteiger partial charge in [-0.1, -0.05) is 0 Å². The molecule has 0 aliphatic carbocycles. The van der Waals surface area contributed by atoms with Gasteiger partial charge in [0.15, 0.2) is 0 Å². The first-order valence-corrected chi connectivity index (χ1v) is 10.3. The van der Waals surface area contributed by atoms with Gasteiger partial charge >= 0.3 is 0 Å². The van der Waals surface area contributed by atoms with Gasteiger partial charge in [-0.15, -0.1) is 0 Å². The van der Waals surface area contributed by atoms with E-state index in [1.807, 2.05) is 19.9 Å². The molecule has 3 rings (SSSR count). The molecular weight excluding hydrogens is 352 g/mol. The fraction of sp³-hybridized carbons (Fsp3) is 0.444. The molecule has 1 amide bonds. The third-order valence-electron chi connectivity index (χ3n) is 4.53. The highest BCUT2D eigenvalue weighted by molar-refractivity contribution is 7.89. The lowest BCUT2D eigenvalue weighted by Gasteiger charge is -2.15. The van der Waals surface area contributed by atoms with E-state index in [1.165, 1.54) is 12.1 Å². The van der Waals surface area contributed by atoms with Crippen LogP contribution in [-0.4, -0.2) is 42.1 Å². The number of carbonyl (C=O) groups is 1. The molecule has 1 aliphatic heterocycles. The van der Waals surface area contributed by atoms with Crippen molar-refractivity contribution in [3.05, 3.63) is 47.3 Å². The summed E-state index contributed by atoms with van der Waals surface area (Å²) in [6.45, 7) is 6.22. The van der Waals surface area contributed by atoms with Crippen LogP contribution in [0.1, 0.15) is 41.5 Å². The van der Waals surface area contributed by atoms with Crippen LogP contribution >= 0.6 is 0 Å². The van der Waals surface area contributed by atoms with E-state index in [2.05, 4.69) is 9.82 Å². The first kappa shape index (κ1) is 18.6. The molecule has 2 heterocycles. The summed E-state index contributed by atoms with van der Waals surface area (Å²) in [5.74, 6) is -0.0401. The fourth-order valence-electron chi connectivity index (χ4n) is 3.15. The van der Waals surface area contributed by atoms with Crippen LogP contribution in [0.25, 0.3) is 0 Å². The Bertz CT molecular complexity index is 882. The maximum atomic E-state index is 12.5. The number of nitrogens with zero attached hydrogens (tertiary/aromatic N) is 3. The number of amides is 1. The topological polar surface area (TPSA) is 84.3 Å². The van der Waals surface area contributed by atoms with Crippen molar-refractivity contribution in [3.63, 3.8) is 0 Å². The fourth-order valence-corrected chi connectivity index (χ4v) is 4.15. The second-order valence-corrected chi connectivity index (χ2v) is 8.21. The van der Waals surface area contributed by atoms with Crippen LogP contribution < -0.4 is 4.72 Å². The summed E-state index contributed by atoms with van der Waals surface area (Å²) in [7, 11) is -3.65. The lowest BCUT2D eigenvalue weighted by Crippen LogP contribution is -2.28. The van der Waals surface area contributed by atoms with E-state index >= 15 is 0 Å². The normalized spacial score (nSPS) is 14.8. The third-order valence-corrected chi connectivity index (χ3v) is 5.95. The average molecular weight is 376 g/mol. The maximum Gasteiger partial charge on any atom is 0.253 e.